The molecule has 2 aromatic rings. The number of likely N-dealkylation sites (tertiary alicyclic amines) is 1. The van der Waals surface area contributed by atoms with Crippen LogP contribution in [0.25, 0.3) is 0 Å². The maximum atomic E-state index is 13.4. The van der Waals surface area contributed by atoms with Crippen molar-refractivity contribution in [3.63, 3.8) is 0 Å². The lowest BCUT2D eigenvalue weighted by Crippen LogP contribution is -2.46. The van der Waals surface area contributed by atoms with E-state index < -0.39 is 17.7 Å². The molecule has 176 valence electrons. The van der Waals surface area contributed by atoms with Gasteiger partial charge in [-0.25, -0.2) is 13.7 Å². The van der Waals surface area contributed by atoms with E-state index in [4.69, 9.17) is 4.74 Å². The number of piperidine rings is 1. The molecule has 0 aromatic heterocycles. The lowest BCUT2D eigenvalue weighted by Gasteiger charge is -2.34. The van der Waals surface area contributed by atoms with Crippen LogP contribution in [0.4, 0.5) is 14.5 Å². The van der Waals surface area contributed by atoms with E-state index in [1.807, 2.05) is 6.92 Å². The molecule has 0 N–H and O–H groups in total. The Balaban J connectivity index is 1.30. The Bertz CT molecular complexity index is 967. The summed E-state index contributed by atoms with van der Waals surface area (Å²) in [6, 6.07) is 10.3. The molecule has 1 unspecified atom stereocenters. The topological polar surface area (TPSA) is 49.9 Å². The lowest BCUT2D eigenvalue weighted by atomic mass is 9.90. The van der Waals surface area contributed by atoms with E-state index in [1.54, 1.807) is 24.3 Å². The Hall–Kier alpha value is -2.80. The average molecular weight is 457 g/mol. The van der Waals surface area contributed by atoms with Crippen molar-refractivity contribution in [3.05, 3.63) is 59.7 Å². The molecule has 0 bridgehead atoms. The Morgan fingerprint density at radius 2 is 1.67 bits per heavy atom. The molecule has 0 radical (unpaired) electrons. The second kappa shape index (κ2) is 10.4. The number of anilines is 1. The minimum Gasteiger partial charge on any atom is -0.494 e. The smallest absolute Gasteiger partial charge is 0.251 e. The molecule has 2 saturated heterocycles. The summed E-state index contributed by atoms with van der Waals surface area (Å²) in [5.74, 6) is -0.280. The van der Waals surface area contributed by atoms with Crippen molar-refractivity contribution in [3.8, 4) is 5.75 Å². The highest BCUT2D eigenvalue weighted by Crippen LogP contribution is 2.31. The highest BCUT2D eigenvalue weighted by atomic mass is 19.1. The number of rotatable bonds is 8. The molecule has 2 aliphatic heterocycles. The number of imide groups is 1. The first-order chi connectivity index (χ1) is 15.9. The van der Waals surface area contributed by atoms with Crippen molar-refractivity contribution in [2.75, 3.05) is 24.6 Å². The van der Waals surface area contributed by atoms with Gasteiger partial charge in [0.2, 0.25) is 5.91 Å². The van der Waals surface area contributed by atoms with Gasteiger partial charge in [0.15, 0.2) is 0 Å². The van der Waals surface area contributed by atoms with Crippen molar-refractivity contribution in [2.45, 2.75) is 51.5 Å². The van der Waals surface area contributed by atoms with Crippen LogP contribution in [0.5, 0.6) is 5.75 Å². The monoisotopic (exact) mass is 456 g/mol. The third-order valence-electron chi connectivity index (χ3n) is 6.54. The predicted molar refractivity (Wildman–Crippen MR) is 122 cm³/mol. The van der Waals surface area contributed by atoms with E-state index in [0.717, 1.165) is 50.6 Å². The molecular formula is C26H30F2N2O3. The summed E-state index contributed by atoms with van der Waals surface area (Å²) >= 11 is 0. The third-order valence-corrected chi connectivity index (χ3v) is 6.54. The molecule has 0 saturated carbocycles. The molecule has 1 atom stereocenters. The number of benzene rings is 2. The first-order valence-corrected chi connectivity index (χ1v) is 11.7. The van der Waals surface area contributed by atoms with E-state index in [-0.39, 0.29) is 18.2 Å². The number of hydrogen-bond acceptors (Lipinski definition) is 4. The van der Waals surface area contributed by atoms with Crippen molar-refractivity contribution < 1.29 is 23.1 Å². The number of aryl methyl sites for hydroxylation is 1. The van der Waals surface area contributed by atoms with Gasteiger partial charge in [0.05, 0.1) is 24.8 Å². The zero-order valence-corrected chi connectivity index (χ0v) is 18.9. The molecule has 2 fully saturated rings. The van der Waals surface area contributed by atoms with E-state index in [9.17, 15) is 18.4 Å². The van der Waals surface area contributed by atoms with Crippen LogP contribution in [0.15, 0.2) is 42.5 Å². The highest BCUT2D eigenvalue weighted by Gasteiger charge is 2.43. The minimum atomic E-state index is -0.545. The van der Waals surface area contributed by atoms with E-state index in [1.165, 1.54) is 17.0 Å². The highest BCUT2D eigenvalue weighted by molar-refractivity contribution is 6.22. The minimum absolute atomic E-state index is 0.170. The molecule has 5 nitrogen and oxygen atoms in total. The van der Waals surface area contributed by atoms with Gasteiger partial charge in [-0.1, -0.05) is 6.92 Å². The van der Waals surface area contributed by atoms with Gasteiger partial charge in [0, 0.05) is 6.07 Å². The van der Waals surface area contributed by atoms with Gasteiger partial charge >= 0.3 is 0 Å². The number of halogens is 2. The Kier molecular flexibility index (Phi) is 7.38. The summed E-state index contributed by atoms with van der Waals surface area (Å²) in [5, 5.41) is 0. The largest absolute Gasteiger partial charge is 0.494 e. The molecule has 2 aliphatic rings. The second-order valence-electron chi connectivity index (χ2n) is 8.93. The summed E-state index contributed by atoms with van der Waals surface area (Å²) in [5.41, 5.74) is 1.25. The van der Waals surface area contributed by atoms with E-state index in [2.05, 4.69) is 4.90 Å². The second-order valence-corrected chi connectivity index (χ2v) is 8.93. The number of carbonyl (C=O) groups excluding carboxylic acids is 2. The number of ether oxygens (including phenoxy) is 1. The normalized spacial score (nSPS) is 20.0. The fourth-order valence-corrected chi connectivity index (χ4v) is 4.76. The Morgan fingerprint density at radius 3 is 2.30 bits per heavy atom. The molecule has 4 rings (SSSR count). The third kappa shape index (κ3) is 5.58. The van der Waals surface area contributed by atoms with Crippen molar-refractivity contribution in [1.82, 2.24) is 4.90 Å². The van der Waals surface area contributed by atoms with Crippen LogP contribution in [-0.2, 0) is 16.0 Å². The van der Waals surface area contributed by atoms with Gasteiger partial charge in [-0.15, -0.1) is 0 Å². The quantitative estimate of drug-likeness (QED) is 0.539. The molecule has 33 heavy (non-hydrogen) atoms. The number of amides is 2. The van der Waals surface area contributed by atoms with Crippen molar-refractivity contribution in [2.24, 2.45) is 5.92 Å². The van der Waals surface area contributed by atoms with Crippen LogP contribution in [0.3, 0.4) is 0 Å². The standard InChI is InChI=1S/C26H30F2N2O3/c1-2-13-33-23-7-5-22(6-8-23)30-25(31)17-24(26(30)32)29-11-9-18(10-12-29)3-4-19-14-20(27)16-21(28)15-19/h5-8,14-16,18,24H,2-4,9-13,17H2,1H3. The van der Waals surface area contributed by atoms with Gasteiger partial charge in [0.25, 0.3) is 5.91 Å². The molecular weight excluding hydrogens is 426 g/mol. The van der Waals surface area contributed by atoms with Crippen LogP contribution >= 0.6 is 0 Å². The van der Waals surface area contributed by atoms with Crippen LogP contribution in [-0.4, -0.2) is 42.5 Å². The van der Waals surface area contributed by atoms with Gasteiger partial charge in [-0.05, 0) is 93.1 Å². The van der Waals surface area contributed by atoms with Gasteiger partial charge < -0.3 is 4.74 Å². The SMILES string of the molecule is CCCOc1ccc(N2C(=O)CC(N3CCC(CCc4cc(F)cc(F)c4)CC3)C2=O)cc1. The maximum Gasteiger partial charge on any atom is 0.251 e. The van der Waals surface area contributed by atoms with Crippen LogP contribution in [0.1, 0.15) is 44.6 Å². The Morgan fingerprint density at radius 1 is 1.00 bits per heavy atom. The maximum absolute atomic E-state index is 13.4. The summed E-state index contributed by atoms with van der Waals surface area (Å²) in [4.78, 5) is 29.1. The van der Waals surface area contributed by atoms with Gasteiger partial charge in [-0.2, -0.15) is 0 Å². The molecule has 7 heteroatoms. The molecule has 0 aliphatic carbocycles. The number of carbonyl (C=O) groups is 2. The summed E-state index contributed by atoms with van der Waals surface area (Å²) < 4.78 is 32.4. The summed E-state index contributed by atoms with van der Waals surface area (Å²) in [6.45, 7) is 4.13. The first kappa shape index (κ1) is 23.4. The summed E-state index contributed by atoms with van der Waals surface area (Å²) in [6.07, 6.45) is 4.39. The zero-order valence-electron chi connectivity index (χ0n) is 18.9. The molecule has 2 aromatic carbocycles. The average Bonchev–Trinajstić information content (AvgIpc) is 3.10. The lowest BCUT2D eigenvalue weighted by molar-refractivity contribution is -0.123. The number of hydrogen-bond donors (Lipinski definition) is 0. The first-order valence-electron chi connectivity index (χ1n) is 11.7. The number of nitrogens with zero attached hydrogens (tertiary/aromatic N) is 2. The van der Waals surface area contributed by atoms with Crippen molar-refractivity contribution in [1.29, 1.82) is 0 Å². The zero-order chi connectivity index (χ0) is 23.4. The van der Waals surface area contributed by atoms with Crippen molar-refractivity contribution >= 4 is 17.5 Å². The fraction of sp³-hybridized carbons (Fsp3) is 0.462. The van der Waals surface area contributed by atoms with Gasteiger partial charge in [-0.3, -0.25) is 14.5 Å². The van der Waals surface area contributed by atoms with E-state index >= 15 is 0 Å². The predicted octanol–water partition coefficient (Wildman–Crippen LogP) is 4.73. The van der Waals surface area contributed by atoms with Gasteiger partial charge in [0.1, 0.15) is 17.4 Å². The van der Waals surface area contributed by atoms with E-state index in [0.29, 0.717) is 30.2 Å². The molecule has 2 amide bonds. The molecule has 2 heterocycles. The van der Waals surface area contributed by atoms with Crippen LogP contribution < -0.4 is 9.64 Å². The molecule has 0 spiro atoms. The van der Waals surface area contributed by atoms with Crippen LogP contribution in [0, 0.1) is 17.6 Å². The Labute approximate surface area is 193 Å². The van der Waals surface area contributed by atoms with Crippen LogP contribution in [0.2, 0.25) is 0 Å². The summed E-state index contributed by atoms with van der Waals surface area (Å²) in [7, 11) is 0. The fourth-order valence-electron chi connectivity index (χ4n) is 4.76.